The van der Waals surface area contributed by atoms with Crippen LogP contribution in [0.1, 0.15) is 10.4 Å². The molecule has 1 fully saturated rings. The average Bonchev–Trinajstić information content (AvgIpc) is 2.24. The van der Waals surface area contributed by atoms with Gasteiger partial charge in [0.15, 0.2) is 0 Å². The van der Waals surface area contributed by atoms with Crippen LogP contribution in [0.4, 0.5) is 5.69 Å². The van der Waals surface area contributed by atoms with E-state index < -0.39 is 22.5 Å². The Morgan fingerprint density at radius 3 is 2.76 bits per heavy atom. The van der Waals surface area contributed by atoms with E-state index in [-0.39, 0.29) is 24.3 Å². The highest BCUT2D eigenvalue weighted by Gasteiger charge is 2.31. The Kier molecular flexibility index (Phi) is 2.64. The van der Waals surface area contributed by atoms with Crippen molar-refractivity contribution in [3.63, 3.8) is 0 Å². The molecule has 2 rings (SSSR count). The Labute approximate surface area is 94.6 Å². The van der Waals surface area contributed by atoms with Crippen LogP contribution in [0.3, 0.4) is 0 Å². The fourth-order valence-corrected chi connectivity index (χ4v) is 1.53. The molecule has 1 aliphatic heterocycles. The largest absolute Gasteiger partial charge is 0.389 e. The molecule has 8 nitrogen and oxygen atoms in total. The minimum Gasteiger partial charge on any atom is -0.389 e. The first-order valence-electron chi connectivity index (χ1n) is 4.83. The van der Waals surface area contributed by atoms with Crippen LogP contribution in [-0.2, 0) is 0 Å². The molecule has 0 bridgehead atoms. The molecule has 0 unspecified atom stereocenters. The summed E-state index contributed by atoms with van der Waals surface area (Å²) in [6.07, 6.45) is 0.348. The monoisotopic (exact) mass is 239 g/mol. The highest BCUT2D eigenvalue weighted by Crippen LogP contribution is 2.14. The third-order valence-corrected chi connectivity index (χ3v) is 2.48. The predicted molar refractivity (Wildman–Crippen MR) is 55.6 cm³/mol. The molecule has 0 radical (unpaired) electrons. The molecule has 17 heavy (non-hydrogen) atoms. The van der Waals surface area contributed by atoms with Gasteiger partial charge in [-0.05, 0) is 0 Å². The number of nitrogens with one attached hydrogen (secondary N) is 1. The Morgan fingerprint density at radius 1 is 1.59 bits per heavy atom. The van der Waals surface area contributed by atoms with E-state index in [2.05, 4.69) is 4.98 Å². The third-order valence-electron chi connectivity index (χ3n) is 2.48. The lowest BCUT2D eigenvalue weighted by atomic mass is 10.1. The van der Waals surface area contributed by atoms with Gasteiger partial charge in [0.05, 0.1) is 17.2 Å². The van der Waals surface area contributed by atoms with E-state index in [0.29, 0.717) is 0 Å². The van der Waals surface area contributed by atoms with Crippen LogP contribution in [0.5, 0.6) is 0 Å². The Hall–Kier alpha value is -2.22. The zero-order chi connectivity index (χ0) is 12.6. The second-order valence-corrected chi connectivity index (χ2v) is 3.72. The zero-order valence-corrected chi connectivity index (χ0v) is 8.62. The van der Waals surface area contributed by atoms with Crippen molar-refractivity contribution < 1.29 is 14.8 Å². The molecule has 0 aromatic carbocycles. The van der Waals surface area contributed by atoms with Crippen LogP contribution in [-0.4, -0.2) is 45.0 Å². The standard InChI is InChI=1S/C9H9N3O5/c13-6-3-11(4-6)9(15)7-1-5(12(16)17)2-10-8(7)14/h1-2,6,13H,3-4H2,(H,10,14). The van der Waals surface area contributed by atoms with Gasteiger partial charge in [0.2, 0.25) is 0 Å². The molecular formula is C9H9N3O5. The van der Waals surface area contributed by atoms with Crippen molar-refractivity contribution in [2.75, 3.05) is 13.1 Å². The summed E-state index contributed by atoms with van der Waals surface area (Å²) in [5, 5.41) is 19.5. The number of nitro groups is 1. The molecule has 1 aromatic heterocycles. The predicted octanol–water partition coefficient (Wildman–Crippen LogP) is -0.900. The Bertz CT molecular complexity index is 532. The van der Waals surface area contributed by atoms with Gasteiger partial charge in [-0.2, -0.15) is 0 Å². The van der Waals surface area contributed by atoms with E-state index >= 15 is 0 Å². The molecule has 1 saturated heterocycles. The quantitative estimate of drug-likeness (QED) is 0.512. The number of aromatic amines is 1. The fourth-order valence-electron chi connectivity index (χ4n) is 1.53. The number of rotatable bonds is 2. The lowest BCUT2D eigenvalue weighted by Crippen LogP contribution is -2.54. The average molecular weight is 239 g/mol. The SMILES string of the molecule is O=C(c1cc([N+](=O)[O-])c[nH]c1=O)N1CC(O)C1. The molecule has 90 valence electrons. The number of carbonyl (C=O) groups is 1. The molecule has 1 amide bonds. The molecule has 0 saturated carbocycles. The first-order chi connectivity index (χ1) is 7.99. The minimum atomic E-state index is -0.697. The molecular weight excluding hydrogens is 230 g/mol. The molecule has 0 aliphatic carbocycles. The van der Waals surface area contributed by atoms with Gasteiger partial charge in [-0.1, -0.05) is 0 Å². The van der Waals surface area contributed by atoms with Gasteiger partial charge in [-0.3, -0.25) is 19.7 Å². The number of hydrogen-bond acceptors (Lipinski definition) is 5. The highest BCUT2D eigenvalue weighted by molar-refractivity contribution is 5.94. The van der Waals surface area contributed by atoms with Gasteiger partial charge in [-0.25, -0.2) is 0 Å². The van der Waals surface area contributed by atoms with Crippen LogP contribution in [0.15, 0.2) is 17.1 Å². The summed E-state index contributed by atoms with van der Waals surface area (Å²) in [6.45, 7) is 0.280. The van der Waals surface area contributed by atoms with Crippen molar-refractivity contribution >= 4 is 11.6 Å². The summed E-state index contributed by atoms with van der Waals surface area (Å²) in [4.78, 5) is 36.3. The molecule has 1 aliphatic rings. The van der Waals surface area contributed by atoms with E-state index in [4.69, 9.17) is 5.11 Å². The van der Waals surface area contributed by atoms with Gasteiger partial charge in [-0.15, -0.1) is 0 Å². The summed E-state index contributed by atoms with van der Waals surface area (Å²) in [7, 11) is 0. The molecule has 0 spiro atoms. The third kappa shape index (κ3) is 2.02. The maximum Gasteiger partial charge on any atom is 0.286 e. The van der Waals surface area contributed by atoms with Crippen molar-refractivity contribution in [1.29, 1.82) is 0 Å². The van der Waals surface area contributed by atoms with E-state index in [9.17, 15) is 19.7 Å². The number of pyridine rings is 1. The first kappa shape index (κ1) is 11.3. The lowest BCUT2D eigenvalue weighted by molar-refractivity contribution is -0.385. The number of hydrogen-bond donors (Lipinski definition) is 2. The number of carbonyl (C=O) groups excluding carboxylic acids is 1. The maximum absolute atomic E-state index is 11.7. The second-order valence-electron chi connectivity index (χ2n) is 3.72. The fraction of sp³-hybridized carbons (Fsp3) is 0.333. The number of aromatic nitrogens is 1. The number of likely N-dealkylation sites (tertiary alicyclic amines) is 1. The minimum absolute atomic E-state index is 0.140. The van der Waals surface area contributed by atoms with Gasteiger partial charge in [0.25, 0.3) is 17.2 Å². The van der Waals surface area contributed by atoms with Crippen LogP contribution in [0.25, 0.3) is 0 Å². The lowest BCUT2D eigenvalue weighted by Gasteiger charge is -2.35. The van der Waals surface area contributed by atoms with Crippen molar-refractivity contribution in [3.05, 3.63) is 38.3 Å². The van der Waals surface area contributed by atoms with Crippen molar-refractivity contribution in [1.82, 2.24) is 9.88 Å². The van der Waals surface area contributed by atoms with Crippen LogP contribution in [0.2, 0.25) is 0 Å². The molecule has 1 aromatic rings. The summed E-state index contributed by atoms with van der Waals surface area (Å²) < 4.78 is 0. The van der Waals surface area contributed by atoms with Crippen LogP contribution in [0, 0.1) is 10.1 Å². The van der Waals surface area contributed by atoms with Gasteiger partial charge in [0.1, 0.15) is 5.56 Å². The summed E-state index contributed by atoms with van der Waals surface area (Å²) >= 11 is 0. The van der Waals surface area contributed by atoms with Gasteiger partial charge < -0.3 is 15.0 Å². The smallest absolute Gasteiger partial charge is 0.286 e. The van der Waals surface area contributed by atoms with E-state index in [0.717, 1.165) is 12.3 Å². The van der Waals surface area contributed by atoms with Crippen molar-refractivity contribution in [2.45, 2.75) is 6.10 Å². The first-order valence-corrected chi connectivity index (χ1v) is 4.83. The second kappa shape index (κ2) is 3.98. The summed E-state index contributed by atoms with van der Waals surface area (Å²) in [5.41, 5.74) is -1.32. The van der Waals surface area contributed by atoms with E-state index in [1.54, 1.807) is 0 Å². The number of aliphatic hydroxyl groups is 1. The summed E-state index contributed by atoms with van der Waals surface area (Å²) in [6, 6.07) is 0.936. The normalized spacial score (nSPS) is 15.5. The number of β-amino-alcohol motifs (C(OH)–C–C–N with tert-alkyl or cyclic N) is 1. The molecule has 8 heteroatoms. The van der Waals surface area contributed by atoms with E-state index in [1.165, 1.54) is 4.90 Å². The van der Waals surface area contributed by atoms with Crippen molar-refractivity contribution in [2.24, 2.45) is 0 Å². The maximum atomic E-state index is 11.7. The number of aliphatic hydroxyl groups excluding tert-OH is 1. The molecule has 2 N–H and O–H groups in total. The van der Waals surface area contributed by atoms with Gasteiger partial charge in [0, 0.05) is 19.2 Å². The Morgan fingerprint density at radius 2 is 2.24 bits per heavy atom. The van der Waals surface area contributed by atoms with E-state index in [1.807, 2.05) is 0 Å². The zero-order valence-electron chi connectivity index (χ0n) is 8.62. The summed E-state index contributed by atoms with van der Waals surface area (Å²) in [5.74, 6) is -0.611. The molecule has 0 atom stereocenters. The highest BCUT2D eigenvalue weighted by atomic mass is 16.6. The van der Waals surface area contributed by atoms with Gasteiger partial charge >= 0.3 is 0 Å². The van der Waals surface area contributed by atoms with Crippen LogP contribution < -0.4 is 5.56 Å². The number of H-pyrrole nitrogens is 1. The molecule has 2 heterocycles. The number of nitrogens with zero attached hydrogens (tertiary/aromatic N) is 2. The van der Waals surface area contributed by atoms with Crippen LogP contribution >= 0.6 is 0 Å². The topological polar surface area (TPSA) is 117 Å². The number of amides is 1. The Balaban J connectivity index is 2.31. The van der Waals surface area contributed by atoms with Crippen molar-refractivity contribution in [3.8, 4) is 0 Å².